The number of hydrogen-bond donors (Lipinski definition) is 2. The summed E-state index contributed by atoms with van der Waals surface area (Å²) in [4.78, 5) is 15.4. The van der Waals surface area contributed by atoms with Gasteiger partial charge in [-0.2, -0.15) is 5.10 Å². The van der Waals surface area contributed by atoms with Crippen LogP contribution < -0.4 is 10.1 Å². The Balaban J connectivity index is 1.42. The summed E-state index contributed by atoms with van der Waals surface area (Å²) in [7, 11) is 1.68. The molecule has 2 N–H and O–H groups in total. The third-order valence-corrected chi connectivity index (χ3v) is 5.80. The van der Waals surface area contributed by atoms with Crippen molar-refractivity contribution in [1.82, 2.24) is 20.4 Å². The van der Waals surface area contributed by atoms with E-state index >= 15 is 0 Å². The predicted octanol–water partition coefficient (Wildman–Crippen LogP) is 1.96. The van der Waals surface area contributed by atoms with Gasteiger partial charge >= 0.3 is 0 Å². The third kappa shape index (κ3) is 3.21. The first kappa shape index (κ1) is 17.1. The van der Waals surface area contributed by atoms with Gasteiger partial charge in [0.15, 0.2) is 0 Å². The Hall–Kier alpha value is -2.34. The van der Waals surface area contributed by atoms with Crippen LogP contribution in [0.1, 0.15) is 30.0 Å². The number of nitrogens with zero attached hydrogens (tertiary/aromatic N) is 2. The van der Waals surface area contributed by atoms with Crippen molar-refractivity contribution in [3.8, 4) is 5.75 Å². The fourth-order valence-corrected chi connectivity index (χ4v) is 4.17. The standard InChI is InChI=1S/C20H26N4O2/c1-26-17-4-2-3-15(11-17)12-20(13-21-14-20)19(25)24-9-6-16(7-10-24)18-5-8-22-23-18/h2-5,8,11,16,21H,6-7,9-10,12-14H2,1H3,(H,22,23). The summed E-state index contributed by atoms with van der Waals surface area (Å²) in [6, 6.07) is 10.1. The molecule has 0 unspecified atom stereocenters. The van der Waals surface area contributed by atoms with Crippen molar-refractivity contribution in [2.45, 2.75) is 25.2 Å². The molecule has 2 aliphatic rings. The quantitative estimate of drug-likeness (QED) is 0.861. The van der Waals surface area contributed by atoms with Gasteiger partial charge < -0.3 is 15.0 Å². The minimum Gasteiger partial charge on any atom is -0.497 e. The van der Waals surface area contributed by atoms with E-state index in [2.05, 4.69) is 26.5 Å². The molecule has 6 heteroatoms. The SMILES string of the molecule is COc1cccc(CC2(C(=O)N3CCC(c4ccn[nH]4)CC3)CNC2)c1. The highest BCUT2D eigenvalue weighted by atomic mass is 16.5. The molecule has 4 rings (SSSR count). The Kier molecular flexibility index (Phi) is 4.68. The van der Waals surface area contributed by atoms with Gasteiger partial charge in [0.25, 0.3) is 0 Å². The highest BCUT2D eigenvalue weighted by molar-refractivity contribution is 5.85. The summed E-state index contributed by atoms with van der Waals surface area (Å²) < 4.78 is 5.33. The Morgan fingerprint density at radius 1 is 1.31 bits per heavy atom. The number of aromatic nitrogens is 2. The number of benzene rings is 1. The van der Waals surface area contributed by atoms with Crippen LogP contribution in [0.15, 0.2) is 36.5 Å². The summed E-state index contributed by atoms with van der Waals surface area (Å²) in [6.45, 7) is 3.15. The van der Waals surface area contributed by atoms with Crippen LogP contribution in [0.5, 0.6) is 5.75 Å². The van der Waals surface area contributed by atoms with Gasteiger partial charge in [-0.1, -0.05) is 12.1 Å². The molecule has 2 aliphatic heterocycles. The van der Waals surface area contributed by atoms with Gasteiger partial charge in [0.05, 0.1) is 12.5 Å². The lowest BCUT2D eigenvalue weighted by Gasteiger charge is -2.46. The molecule has 2 fully saturated rings. The number of ether oxygens (including phenoxy) is 1. The van der Waals surface area contributed by atoms with Crippen LogP contribution in [0.2, 0.25) is 0 Å². The lowest BCUT2D eigenvalue weighted by atomic mass is 9.74. The number of methoxy groups -OCH3 is 1. The number of hydrogen-bond acceptors (Lipinski definition) is 4. The van der Waals surface area contributed by atoms with Gasteiger partial charge in [-0.15, -0.1) is 0 Å². The normalized spacial score (nSPS) is 19.8. The number of carbonyl (C=O) groups excluding carboxylic acids is 1. The number of aromatic amines is 1. The van der Waals surface area contributed by atoms with Crippen molar-refractivity contribution in [3.63, 3.8) is 0 Å². The van der Waals surface area contributed by atoms with E-state index in [9.17, 15) is 4.79 Å². The molecule has 3 heterocycles. The number of piperidine rings is 1. The molecule has 0 spiro atoms. The van der Waals surface area contributed by atoms with Crippen molar-refractivity contribution in [2.24, 2.45) is 5.41 Å². The van der Waals surface area contributed by atoms with E-state index < -0.39 is 0 Å². The molecule has 2 saturated heterocycles. The first-order chi connectivity index (χ1) is 12.7. The van der Waals surface area contributed by atoms with Crippen LogP contribution in [0, 0.1) is 5.41 Å². The molecule has 0 atom stereocenters. The van der Waals surface area contributed by atoms with Crippen molar-refractivity contribution in [2.75, 3.05) is 33.3 Å². The Labute approximate surface area is 153 Å². The fourth-order valence-electron chi connectivity index (χ4n) is 4.17. The molecule has 0 aliphatic carbocycles. The number of carbonyl (C=O) groups is 1. The monoisotopic (exact) mass is 354 g/mol. The van der Waals surface area contributed by atoms with Crippen molar-refractivity contribution in [3.05, 3.63) is 47.8 Å². The average Bonchev–Trinajstić information content (AvgIpc) is 3.19. The van der Waals surface area contributed by atoms with Crippen LogP contribution in [-0.4, -0.2) is 54.3 Å². The Bertz CT molecular complexity index is 747. The van der Waals surface area contributed by atoms with Gasteiger partial charge in [-0.25, -0.2) is 0 Å². The second kappa shape index (κ2) is 7.11. The largest absolute Gasteiger partial charge is 0.497 e. The van der Waals surface area contributed by atoms with Crippen molar-refractivity contribution >= 4 is 5.91 Å². The number of likely N-dealkylation sites (tertiary alicyclic amines) is 1. The summed E-state index contributed by atoms with van der Waals surface area (Å²) in [5.74, 6) is 1.62. The van der Waals surface area contributed by atoms with E-state index in [-0.39, 0.29) is 5.41 Å². The predicted molar refractivity (Wildman–Crippen MR) is 99.1 cm³/mol. The first-order valence-corrected chi connectivity index (χ1v) is 9.32. The van der Waals surface area contributed by atoms with Crippen molar-refractivity contribution in [1.29, 1.82) is 0 Å². The van der Waals surface area contributed by atoms with Crippen LogP contribution in [0.4, 0.5) is 0 Å². The molecule has 6 nitrogen and oxygen atoms in total. The van der Waals surface area contributed by atoms with Crippen LogP contribution in [0.25, 0.3) is 0 Å². The van der Waals surface area contributed by atoms with Gasteiger partial charge in [-0.3, -0.25) is 9.89 Å². The van der Waals surface area contributed by atoms with Gasteiger partial charge in [-0.05, 0) is 43.0 Å². The molecule has 26 heavy (non-hydrogen) atoms. The van der Waals surface area contributed by atoms with Crippen LogP contribution in [-0.2, 0) is 11.2 Å². The molecule has 1 amide bonds. The Morgan fingerprint density at radius 2 is 2.12 bits per heavy atom. The number of H-pyrrole nitrogens is 1. The zero-order valence-corrected chi connectivity index (χ0v) is 15.2. The summed E-state index contributed by atoms with van der Waals surface area (Å²) in [5.41, 5.74) is 2.03. The highest BCUT2D eigenvalue weighted by Gasteiger charge is 2.46. The summed E-state index contributed by atoms with van der Waals surface area (Å²) in [6.07, 6.45) is 4.56. The number of nitrogens with one attached hydrogen (secondary N) is 2. The Morgan fingerprint density at radius 3 is 2.73 bits per heavy atom. The second-order valence-electron chi connectivity index (χ2n) is 7.49. The lowest BCUT2D eigenvalue weighted by Crippen LogP contribution is -2.63. The molecule has 1 aromatic heterocycles. The lowest BCUT2D eigenvalue weighted by molar-refractivity contribution is -0.146. The maximum atomic E-state index is 13.3. The molecular weight excluding hydrogens is 328 g/mol. The minimum atomic E-state index is -0.312. The second-order valence-corrected chi connectivity index (χ2v) is 7.49. The topological polar surface area (TPSA) is 70.2 Å². The molecule has 1 aromatic carbocycles. The maximum absolute atomic E-state index is 13.3. The summed E-state index contributed by atoms with van der Waals surface area (Å²) >= 11 is 0. The van der Waals surface area contributed by atoms with E-state index in [1.807, 2.05) is 24.3 Å². The molecule has 0 radical (unpaired) electrons. The van der Waals surface area contributed by atoms with Gasteiger partial charge in [0.2, 0.25) is 5.91 Å². The summed E-state index contributed by atoms with van der Waals surface area (Å²) in [5, 5.41) is 10.4. The van der Waals surface area contributed by atoms with Crippen LogP contribution >= 0.6 is 0 Å². The molecule has 0 saturated carbocycles. The minimum absolute atomic E-state index is 0.294. The average molecular weight is 354 g/mol. The van der Waals surface area contributed by atoms with E-state index in [0.717, 1.165) is 56.8 Å². The molecule has 2 aromatic rings. The zero-order chi connectivity index (χ0) is 18.0. The third-order valence-electron chi connectivity index (χ3n) is 5.80. The molecule has 138 valence electrons. The highest BCUT2D eigenvalue weighted by Crippen LogP contribution is 2.34. The number of amides is 1. The number of rotatable bonds is 5. The van der Waals surface area contributed by atoms with Gasteiger partial charge in [0, 0.05) is 44.0 Å². The fraction of sp³-hybridized carbons (Fsp3) is 0.500. The smallest absolute Gasteiger partial charge is 0.231 e. The van der Waals surface area contributed by atoms with E-state index in [4.69, 9.17) is 4.74 Å². The first-order valence-electron chi connectivity index (χ1n) is 9.32. The molecular formula is C20H26N4O2. The molecule has 0 bridgehead atoms. The van der Waals surface area contributed by atoms with E-state index in [0.29, 0.717) is 11.8 Å². The zero-order valence-electron chi connectivity index (χ0n) is 15.2. The van der Waals surface area contributed by atoms with E-state index in [1.54, 1.807) is 13.3 Å². The van der Waals surface area contributed by atoms with Crippen LogP contribution in [0.3, 0.4) is 0 Å². The van der Waals surface area contributed by atoms with Gasteiger partial charge in [0.1, 0.15) is 5.75 Å². The van der Waals surface area contributed by atoms with Crippen molar-refractivity contribution < 1.29 is 9.53 Å². The van der Waals surface area contributed by atoms with E-state index in [1.165, 1.54) is 5.69 Å². The maximum Gasteiger partial charge on any atom is 0.231 e.